The fraction of sp³-hybridized carbons (Fsp3) is 0.385. The predicted octanol–water partition coefficient (Wildman–Crippen LogP) is 3.66. The lowest BCUT2D eigenvalue weighted by Crippen LogP contribution is -1.99. The van der Waals surface area contributed by atoms with Crippen LogP contribution in [0.15, 0.2) is 30.9 Å². The monoisotopic (exact) mass is 206 g/mol. The molecule has 1 aliphatic rings. The average molecular weight is 206 g/mol. The number of ether oxygens (including phenoxy) is 1. The maximum atomic E-state index is 13.8. The zero-order valence-electron chi connectivity index (χ0n) is 8.71. The molecule has 1 fully saturated rings. The first-order valence-corrected chi connectivity index (χ1v) is 5.35. The molecular weight excluding hydrogens is 191 g/mol. The molecule has 1 nitrogen and oxygen atoms in total. The van der Waals surface area contributed by atoms with Crippen LogP contribution in [0.1, 0.15) is 30.7 Å². The van der Waals surface area contributed by atoms with Crippen molar-refractivity contribution in [2.75, 3.05) is 6.61 Å². The van der Waals surface area contributed by atoms with Crippen LogP contribution in [-0.4, -0.2) is 6.61 Å². The molecule has 0 atom stereocenters. The standard InChI is InChI=1S/C13H15FO/c1-2-3-9-15-12-6-4-5-11(13(12)14)10-7-8-10/h2,4-6,10H,1,3,7-9H2. The van der Waals surface area contributed by atoms with Gasteiger partial charge in [-0.2, -0.15) is 0 Å². The molecule has 0 aromatic heterocycles. The molecule has 0 heterocycles. The fourth-order valence-electron chi connectivity index (χ4n) is 1.60. The summed E-state index contributed by atoms with van der Waals surface area (Å²) in [5.74, 6) is 0.623. The molecule has 0 bridgehead atoms. The highest BCUT2D eigenvalue weighted by Gasteiger charge is 2.27. The second kappa shape index (κ2) is 4.47. The van der Waals surface area contributed by atoms with Crippen LogP contribution in [0, 0.1) is 5.82 Å². The summed E-state index contributed by atoms with van der Waals surface area (Å²) in [5.41, 5.74) is 0.811. The molecule has 0 amide bonds. The van der Waals surface area contributed by atoms with Crippen molar-refractivity contribution in [1.29, 1.82) is 0 Å². The summed E-state index contributed by atoms with van der Waals surface area (Å²) in [6.07, 6.45) is 4.72. The molecule has 1 aliphatic carbocycles. The van der Waals surface area contributed by atoms with Gasteiger partial charge in [-0.1, -0.05) is 18.2 Å². The van der Waals surface area contributed by atoms with Gasteiger partial charge in [-0.3, -0.25) is 0 Å². The summed E-state index contributed by atoms with van der Waals surface area (Å²) in [6, 6.07) is 5.40. The molecule has 0 unspecified atom stereocenters. The first-order chi connectivity index (χ1) is 7.33. The van der Waals surface area contributed by atoms with E-state index in [9.17, 15) is 4.39 Å². The van der Waals surface area contributed by atoms with Crippen LogP contribution in [0.5, 0.6) is 5.75 Å². The highest BCUT2D eigenvalue weighted by molar-refractivity contribution is 5.35. The largest absolute Gasteiger partial charge is 0.490 e. The summed E-state index contributed by atoms with van der Waals surface area (Å²) < 4.78 is 19.2. The number of hydrogen-bond donors (Lipinski definition) is 0. The predicted molar refractivity (Wildman–Crippen MR) is 58.7 cm³/mol. The number of hydrogen-bond acceptors (Lipinski definition) is 1. The summed E-state index contributed by atoms with van der Waals surface area (Å²) in [4.78, 5) is 0. The van der Waals surface area contributed by atoms with Gasteiger partial charge in [-0.05, 0) is 36.8 Å². The summed E-state index contributed by atoms with van der Waals surface area (Å²) in [5, 5.41) is 0. The van der Waals surface area contributed by atoms with Crippen LogP contribution in [0.4, 0.5) is 4.39 Å². The van der Waals surface area contributed by atoms with Crippen LogP contribution in [0.3, 0.4) is 0 Å². The Hall–Kier alpha value is -1.31. The molecule has 2 heteroatoms. The first-order valence-electron chi connectivity index (χ1n) is 5.35. The maximum absolute atomic E-state index is 13.8. The van der Waals surface area contributed by atoms with Crippen LogP contribution < -0.4 is 4.74 Å². The van der Waals surface area contributed by atoms with E-state index in [1.807, 2.05) is 12.1 Å². The van der Waals surface area contributed by atoms with Gasteiger partial charge in [-0.25, -0.2) is 4.39 Å². The lowest BCUT2D eigenvalue weighted by atomic mass is 10.1. The quantitative estimate of drug-likeness (QED) is 0.527. The molecule has 1 aromatic carbocycles. The van der Waals surface area contributed by atoms with E-state index in [4.69, 9.17) is 4.74 Å². The molecule has 0 aliphatic heterocycles. The van der Waals surface area contributed by atoms with Gasteiger partial charge in [0.1, 0.15) is 0 Å². The third kappa shape index (κ3) is 2.38. The van der Waals surface area contributed by atoms with Crippen molar-refractivity contribution in [2.24, 2.45) is 0 Å². The molecule has 0 radical (unpaired) electrons. The van der Waals surface area contributed by atoms with Gasteiger partial charge in [-0.15, -0.1) is 6.58 Å². The van der Waals surface area contributed by atoms with Crippen molar-refractivity contribution in [2.45, 2.75) is 25.2 Å². The summed E-state index contributed by atoms with van der Waals surface area (Å²) in [6.45, 7) is 4.09. The topological polar surface area (TPSA) is 9.23 Å². The van der Waals surface area contributed by atoms with Crippen molar-refractivity contribution < 1.29 is 9.13 Å². The lowest BCUT2D eigenvalue weighted by Gasteiger charge is -2.08. The third-order valence-corrected chi connectivity index (χ3v) is 2.59. The van der Waals surface area contributed by atoms with E-state index >= 15 is 0 Å². The molecule has 80 valence electrons. The van der Waals surface area contributed by atoms with Crippen molar-refractivity contribution in [3.63, 3.8) is 0 Å². The zero-order valence-corrected chi connectivity index (χ0v) is 8.71. The summed E-state index contributed by atoms with van der Waals surface area (Å²) in [7, 11) is 0. The SMILES string of the molecule is C=CCCOc1cccc(C2CC2)c1F. The second-order valence-electron chi connectivity index (χ2n) is 3.86. The first kappa shape index (κ1) is 10.2. The molecule has 0 saturated heterocycles. The van der Waals surface area contributed by atoms with Crippen LogP contribution in [0.25, 0.3) is 0 Å². The second-order valence-corrected chi connectivity index (χ2v) is 3.86. The smallest absolute Gasteiger partial charge is 0.168 e. The highest BCUT2D eigenvalue weighted by atomic mass is 19.1. The lowest BCUT2D eigenvalue weighted by molar-refractivity contribution is 0.307. The van der Waals surface area contributed by atoms with Gasteiger partial charge in [0.2, 0.25) is 0 Å². The van der Waals surface area contributed by atoms with Gasteiger partial charge in [0.25, 0.3) is 0 Å². The van der Waals surface area contributed by atoms with Crippen LogP contribution in [-0.2, 0) is 0 Å². The van der Waals surface area contributed by atoms with E-state index in [0.717, 1.165) is 24.8 Å². The van der Waals surface area contributed by atoms with Crippen LogP contribution >= 0.6 is 0 Å². The van der Waals surface area contributed by atoms with Crippen molar-refractivity contribution in [3.05, 3.63) is 42.2 Å². The Morgan fingerprint density at radius 2 is 2.27 bits per heavy atom. The van der Waals surface area contributed by atoms with Gasteiger partial charge in [0.05, 0.1) is 6.61 Å². The minimum absolute atomic E-state index is 0.177. The Morgan fingerprint density at radius 3 is 2.93 bits per heavy atom. The van der Waals surface area contributed by atoms with Crippen molar-refractivity contribution in [3.8, 4) is 5.75 Å². The van der Waals surface area contributed by atoms with Crippen molar-refractivity contribution in [1.82, 2.24) is 0 Å². The normalized spacial score (nSPS) is 15.0. The van der Waals surface area contributed by atoms with Gasteiger partial charge in [0.15, 0.2) is 11.6 Å². The maximum Gasteiger partial charge on any atom is 0.168 e. The molecule has 2 rings (SSSR count). The molecule has 0 N–H and O–H groups in total. The van der Waals surface area contributed by atoms with E-state index in [1.165, 1.54) is 0 Å². The molecule has 15 heavy (non-hydrogen) atoms. The Labute approximate surface area is 89.6 Å². The zero-order chi connectivity index (χ0) is 10.7. The Balaban J connectivity index is 2.09. The minimum atomic E-state index is -0.177. The van der Waals surface area contributed by atoms with E-state index in [2.05, 4.69) is 6.58 Å². The number of halogens is 1. The number of rotatable bonds is 5. The Morgan fingerprint density at radius 1 is 1.47 bits per heavy atom. The van der Waals surface area contributed by atoms with Gasteiger partial charge < -0.3 is 4.74 Å². The molecule has 0 spiro atoms. The Kier molecular flexibility index (Phi) is 3.05. The third-order valence-electron chi connectivity index (χ3n) is 2.59. The minimum Gasteiger partial charge on any atom is -0.490 e. The van der Waals surface area contributed by atoms with E-state index in [1.54, 1.807) is 12.1 Å². The van der Waals surface area contributed by atoms with E-state index in [-0.39, 0.29) is 5.82 Å². The number of benzene rings is 1. The fourth-order valence-corrected chi connectivity index (χ4v) is 1.60. The van der Waals surface area contributed by atoms with E-state index in [0.29, 0.717) is 18.3 Å². The van der Waals surface area contributed by atoms with Gasteiger partial charge in [0, 0.05) is 0 Å². The average Bonchev–Trinajstić information content (AvgIpc) is 3.05. The van der Waals surface area contributed by atoms with Gasteiger partial charge >= 0.3 is 0 Å². The van der Waals surface area contributed by atoms with Crippen LogP contribution in [0.2, 0.25) is 0 Å². The van der Waals surface area contributed by atoms with E-state index < -0.39 is 0 Å². The molecule has 1 saturated carbocycles. The summed E-state index contributed by atoms with van der Waals surface area (Å²) >= 11 is 0. The highest BCUT2D eigenvalue weighted by Crippen LogP contribution is 2.42. The molecular formula is C13H15FO. The Bertz CT molecular complexity index is 356. The molecule has 1 aromatic rings. The van der Waals surface area contributed by atoms with Crippen molar-refractivity contribution >= 4 is 0 Å².